The van der Waals surface area contributed by atoms with Gasteiger partial charge in [0.15, 0.2) is 0 Å². The number of benzene rings is 1. The molecule has 2 heterocycles. The molecule has 0 aliphatic carbocycles. The van der Waals surface area contributed by atoms with Crippen molar-refractivity contribution < 1.29 is 14.1 Å². The maximum absolute atomic E-state index is 12.6. The number of aryl methyl sites for hydroxylation is 1. The molecule has 7 nitrogen and oxygen atoms in total. The Bertz CT molecular complexity index is 862. The van der Waals surface area contributed by atoms with Gasteiger partial charge in [0.05, 0.1) is 7.11 Å². The highest BCUT2D eigenvalue weighted by molar-refractivity contribution is 5.76. The maximum Gasteiger partial charge on any atom is 0.227 e. The third kappa shape index (κ3) is 4.91. The number of ether oxygens (including phenoxy) is 1. The molecule has 0 aliphatic rings. The Kier molecular flexibility index (Phi) is 6.14. The highest BCUT2D eigenvalue weighted by atomic mass is 16.5. The van der Waals surface area contributed by atoms with E-state index in [1.54, 1.807) is 19.5 Å². The van der Waals surface area contributed by atoms with Gasteiger partial charge in [-0.25, -0.2) is 0 Å². The van der Waals surface area contributed by atoms with Gasteiger partial charge in [-0.05, 0) is 36.8 Å². The maximum atomic E-state index is 12.6. The number of aromatic nitrogens is 3. The fraction of sp³-hybridized carbons (Fsp3) is 0.300. The first-order valence-electron chi connectivity index (χ1n) is 8.83. The van der Waals surface area contributed by atoms with Crippen LogP contribution in [0.3, 0.4) is 0 Å². The average Bonchev–Trinajstić information content (AvgIpc) is 3.20. The molecule has 1 amide bonds. The summed E-state index contributed by atoms with van der Waals surface area (Å²) in [6.45, 7) is 3.16. The molecule has 3 rings (SSSR count). The minimum atomic E-state index is 0.0528. The van der Waals surface area contributed by atoms with Gasteiger partial charge in [-0.3, -0.25) is 9.78 Å². The van der Waals surface area contributed by atoms with E-state index in [1.807, 2.05) is 48.2 Å². The van der Waals surface area contributed by atoms with Crippen LogP contribution < -0.4 is 4.74 Å². The van der Waals surface area contributed by atoms with Crippen molar-refractivity contribution in [2.24, 2.45) is 0 Å². The Balaban J connectivity index is 1.56. The van der Waals surface area contributed by atoms with Crippen molar-refractivity contribution in [1.82, 2.24) is 20.0 Å². The van der Waals surface area contributed by atoms with Gasteiger partial charge in [-0.15, -0.1) is 0 Å². The van der Waals surface area contributed by atoms with Crippen LogP contribution in [-0.4, -0.2) is 39.6 Å². The van der Waals surface area contributed by atoms with Gasteiger partial charge in [0.2, 0.25) is 17.6 Å². The van der Waals surface area contributed by atoms with Crippen LogP contribution in [0.25, 0.3) is 11.4 Å². The number of hydrogen-bond donors (Lipinski definition) is 0. The van der Waals surface area contributed by atoms with Gasteiger partial charge < -0.3 is 14.2 Å². The van der Waals surface area contributed by atoms with Crippen LogP contribution in [0.5, 0.6) is 5.75 Å². The summed E-state index contributed by atoms with van der Waals surface area (Å²) in [5.41, 5.74) is 1.89. The first-order chi connectivity index (χ1) is 13.2. The largest absolute Gasteiger partial charge is 0.497 e. The molecule has 0 saturated carbocycles. The summed E-state index contributed by atoms with van der Waals surface area (Å²) in [5, 5.41) is 3.96. The summed E-state index contributed by atoms with van der Waals surface area (Å²) in [4.78, 5) is 22.7. The summed E-state index contributed by atoms with van der Waals surface area (Å²) in [6, 6.07) is 11.3. The van der Waals surface area contributed by atoms with Crippen molar-refractivity contribution in [2.45, 2.75) is 26.3 Å². The summed E-state index contributed by atoms with van der Waals surface area (Å²) < 4.78 is 10.4. The van der Waals surface area contributed by atoms with E-state index in [1.165, 1.54) is 0 Å². The zero-order valence-electron chi connectivity index (χ0n) is 15.5. The molecule has 0 spiro atoms. The Hall–Kier alpha value is -3.22. The van der Waals surface area contributed by atoms with E-state index in [2.05, 4.69) is 15.1 Å². The van der Waals surface area contributed by atoms with Crippen LogP contribution in [-0.2, 0) is 17.8 Å². The van der Waals surface area contributed by atoms with Gasteiger partial charge in [0, 0.05) is 43.9 Å². The third-order valence-corrected chi connectivity index (χ3v) is 4.23. The highest BCUT2D eigenvalue weighted by Crippen LogP contribution is 2.16. The Morgan fingerprint density at radius 1 is 1.15 bits per heavy atom. The normalized spacial score (nSPS) is 10.6. The van der Waals surface area contributed by atoms with Gasteiger partial charge >= 0.3 is 0 Å². The lowest BCUT2D eigenvalue weighted by molar-refractivity contribution is -0.131. The van der Waals surface area contributed by atoms with Crippen LogP contribution in [0, 0.1) is 0 Å². The number of rotatable bonds is 8. The predicted molar refractivity (Wildman–Crippen MR) is 99.9 cm³/mol. The molecule has 0 radical (unpaired) electrons. The summed E-state index contributed by atoms with van der Waals surface area (Å²) >= 11 is 0. The molecule has 2 aromatic heterocycles. The first kappa shape index (κ1) is 18.6. The fourth-order valence-corrected chi connectivity index (χ4v) is 2.67. The zero-order chi connectivity index (χ0) is 19.1. The van der Waals surface area contributed by atoms with E-state index in [0.717, 1.165) is 16.9 Å². The Labute approximate surface area is 158 Å². The molecular weight excluding hydrogens is 344 g/mol. The lowest BCUT2D eigenvalue weighted by Gasteiger charge is -2.21. The van der Waals surface area contributed by atoms with Crippen LogP contribution in [0.2, 0.25) is 0 Å². The van der Waals surface area contributed by atoms with E-state index >= 15 is 0 Å². The molecule has 0 atom stereocenters. The van der Waals surface area contributed by atoms with E-state index in [9.17, 15) is 4.79 Å². The van der Waals surface area contributed by atoms with Crippen LogP contribution >= 0.6 is 0 Å². The summed E-state index contributed by atoms with van der Waals surface area (Å²) in [5.74, 6) is 1.81. The highest BCUT2D eigenvalue weighted by Gasteiger charge is 2.15. The summed E-state index contributed by atoms with van der Waals surface area (Å²) in [7, 11) is 1.63. The predicted octanol–water partition coefficient (Wildman–Crippen LogP) is 3.12. The topological polar surface area (TPSA) is 81.4 Å². The zero-order valence-corrected chi connectivity index (χ0v) is 15.5. The molecule has 1 aromatic carbocycles. The standard InChI is InChI=1S/C20H22N4O3/c1-3-24(14-15-4-6-17(26-2)7-5-15)19(25)9-8-18-22-20(23-27-18)16-10-12-21-13-11-16/h4-7,10-13H,3,8-9,14H2,1-2H3. The van der Waals surface area contributed by atoms with Gasteiger partial charge in [-0.1, -0.05) is 17.3 Å². The monoisotopic (exact) mass is 366 g/mol. The Morgan fingerprint density at radius 2 is 1.89 bits per heavy atom. The second-order valence-corrected chi connectivity index (χ2v) is 6.00. The Morgan fingerprint density at radius 3 is 2.56 bits per heavy atom. The van der Waals surface area contributed by atoms with Gasteiger partial charge in [-0.2, -0.15) is 4.98 Å². The average molecular weight is 366 g/mol. The van der Waals surface area contributed by atoms with E-state index < -0.39 is 0 Å². The number of pyridine rings is 1. The molecule has 0 bridgehead atoms. The molecule has 140 valence electrons. The lowest BCUT2D eigenvalue weighted by Crippen LogP contribution is -2.30. The SMILES string of the molecule is CCN(Cc1ccc(OC)cc1)C(=O)CCc1nc(-c2ccncc2)no1. The van der Waals surface area contributed by atoms with Crippen molar-refractivity contribution in [3.63, 3.8) is 0 Å². The summed E-state index contributed by atoms with van der Waals surface area (Å²) in [6.07, 6.45) is 4.08. The number of nitrogens with zero attached hydrogens (tertiary/aromatic N) is 4. The fourth-order valence-electron chi connectivity index (χ4n) is 2.67. The number of methoxy groups -OCH3 is 1. The first-order valence-corrected chi connectivity index (χ1v) is 8.83. The minimum Gasteiger partial charge on any atom is -0.497 e. The molecule has 0 fully saturated rings. The number of carbonyl (C=O) groups excluding carboxylic acids is 1. The molecule has 0 aliphatic heterocycles. The van der Waals surface area contributed by atoms with E-state index in [-0.39, 0.29) is 5.91 Å². The van der Waals surface area contributed by atoms with Gasteiger partial charge in [0.25, 0.3) is 0 Å². The number of hydrogen-bond acceptors (Lipinski definition) is 6. The molecule has 3 aromatic rings. The van der Waals surface area contributed by atoms with E-state index in [4.69, 9.17) is 9.26 Å². The van der Waals surface area contributed by atoms with Crippen molar-refractivity contribution in [3.8, 4) is 17.1 Å². The minimum absolute atomic E-state index is 0.0528. The lowest BCUT2D eigenvalue weighted by atomic mass is 10.2. The second kappa shape index (κ2) is 8.93. The van der Waals surface area contributed by atoms with Crippen molar-refractivity contribution in [3.05, 3.63) is 60.2 Å². The van der Waals surface area contributed by atoms with Crippen LogP contribution in [0.4, 0.5) is 0 Å². The van der Waals surface area contributed by atoms with Crippen molar-refractivity contribution >= 4 is 5.91 Å². The van der Waals surface area contributed by atoms with Gasteiger partial charge in [0.1, 0.15) is 5.75 Å². The van der Waals surface area contributed by atoms with Crippen molar-refractivity contribution in [2.75, 3.05) is 13.7 Å². The van der Waals surface area contributed by atoms with Crippen molar-refractivity contribution in [1.29, 1.82) is 0 Å². The van der Waals surface area contributed by atoms with E-state index in [0.29, 0.717) is 37.6 Å². The quantitative estimate of drug-likeness (QED) is 0.609. The second-order valence-electron chi connectivity index (χ2n) is 6.00. The molecule has 0 saturated heterocycles. The number of amides is 1. The number of carbonyl (C=O) groups is 1. The third-order valence-electron chi connectivity index (χ3n) is 4.23. The van der Waals surface area contributed by atoms with Crippen LogP contribution in [0.1, 0.15) is 24.8 Å². The molecule has 0 N–H and O–H groups in total. The van der Waals surface area contributed by atoms with Crippen LogP contribution in [0.15, 0.2) is 53.3 Å². The smallest absolute Gasteiger partial charge is 0.227 e. The molecule has 0 unspecified atom stereocenters. The molecule has 7 heteroatoms. The molecule has 27 heavy (non-hydrogen) atoms. The molecular formula is C20H22N4O3.